The average molecular weight is 326 g/mol. The molecule has 114 valence electrons. The van der Waals surface area contributed by atoms with E-state index in [0.717, 1.165) is 11.4 Å². The van der Waals surface area contributed by atoms with Crippen molar-refractivity contribution in [2.75, 3.05) is 26.5 Å². The maximum absolute atomic E-state index is 6.31. The first-order chi connectivity index (χ1) is 10.3. The van der Waals surface area contributed by atoms with E-state index in [1.165, 1.54) is 4.90 Å². The molecule has 0 spiro atoms. The number of methoxy groups -OCH3 is 1. The van der Waals surface area contributed by atoms with Gasteiger partial charge >= 0.3 is 0 Å². The minimum Gasteiger partial charge on any atom is -0.383 e. The Morgan fingerprint density at radius 3 is 2.81 bits per heavy atom. The van der Waals surface area contributed by atoms with E-state index in [4.69, 9.17) is 16.3 Å². The lowest BCUT2D eigenvalue weighted by Crippen LogP contribution is -2.23. The molecule has 1 atom stereocenters. The number of benzene rings is 1. The number of nitrogens with one attached hydrogen (secondary N) is 1. The first-order valence-corrected chi connectivity index (χ1v) is 8.18. The van der Waals surface area contributed by atoms with Crippen molar-refractivity contribution in [1.29, 1.82) is 0 Å². The van der Waals surface area contributed by atoms with Crippen LogP contribution in [0, 0.1) is 0 Å². The van der Waals surface area contributed by atoms with Crippen molar-refractivity contribution in [2.45, 2.75) is 17.5 Å². The van der Waals surface area contributed by atoms with Gasteiger partial charge in [0.25, 0.3) is 0 Å². The number of rotatable bonds is 8. The van der Waals surface area contributed by atoms with Crippen LogP contribution in [-0.2, 0) is 11.3 Å². The molecule has 0 radical (unpaired) electrons. The summed E-state index contributed by atoms with van der Waals surface area (Å²) in [6.45, 7) is 1.32. The second-order valence-electron chi connectivity index (χ2n) is 4.56. The molecule has 21 heavy (non-hydrogen) atoms. The van der Waals surface area contributed by atoms with Gasteiger partial charge in [-0.1, -0.05) is 29.8 Å². The second-order valence-corrected chi connectivity index (χ2v) is 6.06. The molecule has 0 saturated carbocycles. The fourth-order valence-corrected chi connectivity index (χ4v) is 3.38. The number of hydrogen-bond acceptors (Lipinski definition) is 4. The van der Waals surface area contributed by atoms with Gasteiger partial charge in [0.05, 0.1) is 36.1 Å². The van der Waals surface area contributed by atoms with Gasteiger partial charge in [0.1, 0.15) is 0 Å². The first kappa shape index (κ1) is 16.4. The lowest BCUT2D eigenvalue weighted by molar-refractivity contribution is 0.182. The second kappa shape index (κ2) is 8.44. The van der Waals surface area contributed by atoms with Gasteiger partial charge in [0, 0.05) is 17.8 Å². The van der Waals surface area contributed by atoms with Crippen LogP contribution in [0.25, 0.3) is 0 Å². The van der Waals surface area contributed by atoms with Crippen molar-refractivity contribution >= 4 is 23.4 Å². The predicted molar refractivity (Wildman–Crippen MR) is 88.1 cm³/mol. The van der Waals surface area contributed by atoms with Gasteiger partial charge < -0.3 is 10.1 Å². The van der Waals surface area contributed by atoms with E-state index in [-0.39, 0.29) is 6.04 Å². The van der Waals surface area contributed by atoms with Crippen LogP contribution < -0.4 is 5.32 Å². The van der Waals surface area contributed by atoms with E-state index < -0.39 is 0 Å². The summed E-state index contributed by atoms with van der Waals surface area (Å²) in [5.74, 6) is 0.888. The number of ether oxygens (including phenoxy) is 1. The van der Waals surface area contributed by atoms with Crippen molar-refractivity contribution in [3.05, 3.63) is 47.2 Å². The quantitative estimate of drug-likeness (QED) is 0.756. The van der Waals surface area contributed by atoms with E-state index in [9.17, 15) is 0 Å². The molecule has 2 rings (SSSR count). The Bertz CT molecular complexity index is 547. The third-order valence-corrected chi connectivity index (χ3v) is 4.58. The molecule has 4 nitrogen and oxygen atoms in total. The SMILES string of the molecule is CNC(CSc1ccccc1)c1c(Cl)cnn1CCOC. The maximum atomic E-state index is 6.31. The van der Waals surface area contributed by atoms with E-state index in [1.54, 1.807) is 25.1 Å². The number of halogens is 1. The van der Waals surface area contributed by atoms with E-state index in [0.29, 0.717) is 18.2 Å². The lowest BCUT2D eigenvalue weighted by Gasteiger charge is -2.18. The van der Waals surface area contributed by atoms with Crippen molar-refractivity contribution in [1.82, 2.24) is 15.1 Å². The molecule has 1 N–H and O–H groups in total. The highest BCUT2D eigenvalue weighted by molar-refractivity contribution is 7.99. The van der Waals surface area contributed by atoms with Crippen LogP contribution in [0.3, 0.4) is 0 Å². The highest BCUT2D eigenvalue weighted by atomic mass is 35.5. The molecule has 1 aromatic carbocycles. The number of hydrogen-bond donors (Lipinski definition) is 1. The molecule has 0 bridgehead atoms. The Morgan fingerprint density at radius 2 is 2.14 bits per heavy atom. The van der Waals surface area contributed by atoms with Gasteiger partial charge in [0.15, 0.2) is 0 Å². The maximum Gasteiger partial charge on any atom is 0.0834 e. The molecule has 6 heteroatoms. The number of aromatic nitrogens is 2. The summed E-state index contributed by atoms with van der Waals surface area (Å²) in [6, 6.07) is 10.5. The normalized spacial score (nSPS) is 12.5. The van der Waals surface area contributed by atoms with Gasteiger partial charge in [-0.25, -0.2) is 0 Å². The summed E-state index contributed by atoms with van der Waals surface area (Å²) in [4.78, 5) is 1.25. The summed E-state index contributed by atoms with van der Waals surface area (Å²) in [7, 11) is 3.63. The summed E-state index contributed by atoms with van der Waals surface area (Å²) in [5.41, 5.74) is 1.01. The molecule has 0 amide bonds. The smallest absolute Gasteiger partial charge is 0.0834 e. The highest BCUT2D eigenvalue weighted by Gasteiger charge is 2.19. The molecule has 0 aliphatic rings. The van der Waals surface area contributed by atoms with E-state index in [2.05, 4.69) is 22.5 Å². The van der Waals surface area contributed by atoms with E-state index >= 15 is 0 Å². The number of thioether (sulfide) groups is 1. The van der Waals surface area contributed by atoms with Gasteiger partial charge in [0.2, 0.25) is 0 Å². The zero-order chi connectivity index (χ0) is 15.1. The standard InChI is InChI=1S/C15H20ClN3OS/c1-17-14(11-21-12-6-4-3-5-7-12)15-13(16)10-18-19(15)8-9-20-2/h3-7,10,14,17H,8-9,11H2,1-2H3. The van der Waals surface area contributed by atoms with Crippen molar-refractivity contribution in [2.24, 2.45) is 0 Å². The summed E-state index contributed by atoms with van der Waals surface area (Å²) in [6.07, 6.45) is 1.70. The highest BCUT2D eigenvalue weighted by Crippen LogP contribution is 2.28. The first-order valence-electron chi connectivity index (χ1n) is 6.81. The molecular formula is C15H20ClN3OS. The van der Waals surface area contributed by atoms with Crippen molar-refractivity contribution < 1.29 is 4.74 Å². The summed E-state index contributed by atoms with van der Waals surface area (Å²) in [5, 5.41) is 8.35. The molecular weight excluding hydrogens is 306 g/mol. The van der Waals surface area contributed by atoms with Crippen LogP contribution in [-0.4, -0.2) is 36.3 Å². The van der Waals surface area contributed by atoms with Crippen LogP contribution in [0.15, 0.2) is 41.4 Å². The topological polar surface area (TPSA) is 39.1 Å². The molecule has 0 fully saturated rings. The molecule has 0 saturated heterocycles. The third kappa shape index (κ3) is 4.48. The van der Waals surface area contributed by atoms with Gasteiger partial charge in [-0.3, -0.25) is 4.68 Å². The molecule has 2 aromatic rings. The Morgan fingerprint density at radius 1 is 1.38 bits per heavy atom. The van der Waals surface area contributed by atoms with Crippen LogP contribution >= 0.6 is 23.4 Å². The van der Waals surface area contributed by atoms with Crippen LogP contribution in [0.5, 0.6) is 0 Å². The molecule has 1 aromatic heterocycles. The molecule has 1 unspecified atom stereocenters. The Labute approximate surface area is 134 Å². The largest absolute Gasteiger partial charge is 0.383 e. The monoisotopic (exact) mass is 325 g/mol. The van der Waals surface area contributed by atoms with Crippen molar-refractivity contribution in [3.63, 3.8) is 0 Å². The van der Waals surface area contributed by atoms with E-state index in [1.807, 2.05) is 29.9 Å². The van der Waals surface area contributed by atoms with Gasteiger partial charge in [-0.05, 0) is 19.2 Å². The molecule has 0 aliphatic carbocycles. The van der Waals surface area contributed by atoms with Gasteiger partial charge in [-0.15, -0.1) is 11.8 Å². The predicted octanol–water partition coefficient (Wildman–Crippen LogP) is 3.24. The fourth-order valence-electron chi connectivity index (χ4n) is 2.07. The van der Waals surface area contributed by atoms with Crippen LogP contribution in [0.2, 0.25) is 5.02 Å². The summed E-state index contributed by atoms with van der Waals surface area (Å²) >= 11 is 8.10. The number of nitrogens with zero attached hydrogens (tertiary/aromatic N) is 2. The lowest BCUT2D eigenvalue weighted by atomic mass is 10.2. The third-order valence-electron chi connectivity index (χ3n) is 3.18. The van der Waals surface area contributed by atoms with Crippen LogP contribution in [0.4, 0.5) is 0 Å². The zero-order valence-electron chi connectivity index (χ0n) is 12.3. The molecule has 1 heterocycles. The fraction of sp³-hybridized carbons (Fsp3) is 0.400. The zero-order valence-corrected chi connectivity index (χ0v) is 13.8. The Kier molecular flexibility index (Phi) is 6.57. The average Bonchev–Trinajstić information content (AvgIpc) is 2.88. The Hall–Kier alpha value is -1.01. The minimum absolute atomic E-state index is 0.141. The van der Waals surface area contributed by atoms with Crippen molar-refractivity contribution in [3.8, 4) is 0 Å². The van der Waals surface area contributed by atoms with Crippen LogP contribution in [0.1, 0.15) is 11.7 Å². The Balaban J connectivity index is 2.08. The molecule has 0 aliphatic heterocycles. The minimum atomic E-state index is 0.141. The summed E-state index contributed by atoms with van der Waals surface area (Å²) < 4.78 is 7.04. The van der Waals surface area contributed by atoms with Gasteiger partial charge in [-0.2, -0.15) is 5.10 Å².